The normalized spacial score (nSPS) is 21.8. The number of halogens is 3. The Bertz CT molecular complexity index is 4040. The number of aromatic nitrogens is 6. The van der Waals surface area contributed by atoms with Crippen LogP contribution in [0.25, 0.3) is 21.8 Å². The Balaban J connectivity index is 0.000000149. The average molecular weight is 1450 g/mol. The minimum absolute atomic E-state index is 0. The van der Waals surface area contributed by atoms with Crippen molar-refractivity contribution >= 4 is 102 Å². The molecule has 1 amide bonds. The SMILES string of the molecule is C#Cc1ccccn1.CCOC(=O)C1CCC(=O)CC1.CCOC(=O)C1CCC(N)CC1.Cl.Nc1cc(Br)ccc1OC=O.O=C1NC2CCC1CC2.O=c1c2ccc(Br)cc2nc2n1C1CCC2CC1.O=c1c2ccc(C#Cc3ccccn3)cc2nc2n1C1CCC2CC1. The average Bonchev–Trinajstić information content (AvgIpc) is 0.752. The number of fused-ring (bicyclic) bond motifs is 9. The van der Waals surface area contributed by atoms with Crippen LogP contribution in [0.15, 0.2) is 122 Å². The second-order valence-electron chi connectivity index (χ2n) is 24.9. The van der Waals surface area contributed by atoms with Crippen molar-refractivity contribution in [2.45, 2.75) is 178 Å². The molecule has 5 saturated carbocycles. The number of pyridine rings is 2. The Morgan fingerprint density at radius 2 is 1.11 bits per heavy atom. The van der Waals surface area contributed by atoms with Gasteiger partial charge in [-0.15, -0.1) is 18.8 Å². The third-order valence-corrected chi connectivity index (χ3v) is 19.6. The van der Waals surface area contributed by atoms with E-state index < -0.39 is 0 Å². The second-order valence-corrected chi connectivity index (χ2v) is 26.7. The largest absolute Gasteiger partial charge is 0.466 e. The van der Waals surface area contributed by atoms with Crippen LogP contribution in [0.5, 0.6) is 5.75 Å². The molecule has 96 heavy (non-hydrogen) atoms. The summed E-state index contributed by atoms with van der Waals surface area (Å²) < 4.78 is 20.1. The van der Waals surface area contributed by atoms with Crippen LogP contribution in [0.3, 0.4) is 0 Å². The van der Waals surface area contributed by atoms with E-state index in [0.29, 0.717) is 116 Å². The molecule has 22 heteroatoms. The van der Waals surface area contributed by atoms with Gasteiger partial charge in [0.2, 0.25) is 5.91 Å². The maximum absolute atomic E-state index is 12.9. The van der Waals surface area contributed by atoms with E-state index in [-0.39, 0.29) is 53.1 Å². The van der Waals surface area contributed by atoms with Crippen molar-refractivity contribution in [1.29, 1.82) is 0 Å². The lowest BCUT2D eigenvalue weighted by Gasteiger charge is -2.38. The number of ether oxygens (including phenoxy) is 3. The number of benzene rings is 3. The Morgan fingerprint density at radius 3 is 1.57 bits per heavy atom. The molecule has 7 fully saturated rings. The van der Waals surface area contributed by atoms with Gasteiger partial charge < -0.3 is 31.0 Å². The van der Waals surface area contributed by atoms with Gasteiger partial charge in [0.05, 0.1) is 52.5 Å². The van der Waals surface area contributed by atoms with Gasteiger partial charge in [-0.3, -0.25) is 42.7 Å². The topological polar surface area (TPSA) is 273 Å². The Morgan fingerprint density at radius 1 is 0.615 bits per heavy atom. The summed E-state index contributed by atoms with van der Waals surface area (Å²) in [6, 6.07) is 29.2. The molecule has 0 spiro atoms. The molecular weight excluding hydrogens is 1370 g/mol. The minimum Gasteiger partial charge on any atom is -0.466 e. The predicted molar refractivity (Wildman–Crippen MR) is 379 cm³/mol. The fourth-order valence-electron chi connectivity index (χ4n) is 13.5. The molecule has 4 aromatic heterocycles. The number of carbonyl (C=O) groups excluding carboxylic acids is 5. The fourth-order valence-corrected chi connectivity index (χ4v) is 14.2. The highest BCUT2D eigenvalue weighted by molar-refractivity contribution is 9.10. The molecular formula is C74H84Br2ClN9O10. The number of piperidine rings is 2. The smallest absolute Gasteiger partial charge is 0.308 e. The number of nitrogen functional groups attached to an aromatic ring is 1. The van der Waals surface area contributed by atoms with Gasteiger partial charge in [0.15, 0.2) is 5.75 Å². The maximum atomic E-state index is 12.9. The van der Waals surface area contributed by atoms with E-state index in [0.717, 1.165) is 125 Å². The van der Waals surface area contributed by atoms with Crippen molar-refractivity contribution in [3.05, 3.63) is 162 Å². The molecule has 10 heterocycles. The molecule has 5 N–H and O–H groups in total. The van der Waals surface area contributed by atoms with Crippen LogP contribution in [0.2, 0.25) is 0 Å². The van der Waals surface area contributed by atoms with Crippen LogP contribution in [0.4, 0.5) is 5.69 Å². The van der Waals surface area contributed by atoms with E-state index in [1.807, 2.05) is 82.8 Å². The Kier molecular flexibility index (Phi) is 27.9. The predicted octanol–water partition coefficient (Wildman–Crippen LogP) is 12.9. The molecule has 0 unspecified atom stereocenters. The lowest BCUT2D eigenvalue weighted by molar-refractivity contribution is -0.150. The first kappa shape index (κ1) is 73.7. The monoisotopic (exact) mass is 1450 g/mol. The quantitative estimate of drug-likeness (QED) is 0.0604. The van der Waals surface area contributed by atoms with Crippen molar-refractivity contribution in [3.8, 4) is 29.9 Å². The zero-order valence-corrected chi connectivity index (χ0v) is 58.3. The molecule has 6 aliphatic heterocycles. The number of nitrogens with one attached hydrogen (secondary N) is 1. The zero-order chi connectivity index (χ0) is 67.4. The van der Waals surface area contributed by atoms with Crippen LogP contribution in [-0.4, -0.2) is 84.5 Å². The molecule has 0 radical (unpaired) electrons. The summed E-state index contributed by atoms with van der Waals surface area (Å²) in [6.45, 7) is 4.91. The number of carbonyl (C=O) groups is 5. The molecule has 19 nitrogen and oxygen atoms in total. The van der Waals surface area contributed by atoms with Gasteiger partial charge in [-0.1, -0.05) is 55.8 Å². The summed E-state index contributed by atoms with van der Waals surface area (Å²) in [5, 5.41) is 4.42. The van der Waals surface area contributed by atoms with Crippen LogP contribution in [0, 0.1) is 41.9 Å². The summed E-state index contributed by atoms with van der Waals surface area (Å²) in [7, 11) is 0. The number of rotatable bonds is 6. The molecule has 6 bridgehead atoms. The maximum Gasteiger partial charge on any atom is 0.308 e. The Hall–Kier alpha value is -8.08. The van der Waals surface area contributed by atoms with Gasteiger partial charge in [0.25, 0.3) is 17.6 Å². The van der Waals surface area contributed by atoms with E-state index in [1.165, 1.54) is 25.7 Å². The first-order valence-electron chi connectivity index (χ1n) is 33.2. The number of nitrogens with two attached hydrogens (primary N) is 2. The number of amides is 1. The summed E-state index contributed by atoms with van der Waals surface area (Å²) in [6.07, 6.45) is 28.5. The van der Waals surface area contributed by atoms with Crippen LogP contribution >= 0.6 is 44.3 Å². The van der Waals surface area contributed by atoms with Crippen molar-refractivity contribution in [2.24, 2.45) is 23.5 Å². The van der Waals surface area contributed by atoms with E-state index in [9.17, 15) is 33.6 Å². The van der Waals surface area contributed by atoms with Gasteiger partial charge in [-0.2, -0.15) is 0 Å². The number of anilines is 1. The minimum atomic E-state index is -0.134. The van der Waals surface area contributed by atoms with E-state index in [2.05, 4.69) is 69.6 Å². The number of hydrogen-bond acceptors (Lipinski definition) is 16. The summed E-state index contributed by atoms with van der Waals surface area (Å²) in [4.78, 5) is 97.3. The van der Waals surface area contributed by atoms with E-state index in [4.69, 9.17) is 37.3 Å². The molecule has 11 aliphatic rings. The van der Waals surface area contributed by atoms with Crippen molar-refractivity contribution < 1.29 is 38.2 Å². The third-order valence-electron chi connectivity index (χ3n) is 18.6. The Labute approximate surface area is 583 Å². The number of hydrogen-bond donors (Lipinski definition) is 3. The molecule has 506 valence electrons. The molecule has 18 rings (SSSR count). The molecule has 0 atom stereocenters. The molecule has 3 aromatic carbocycles. The van der Waals surface area contributed by atoms with Crippen molar-refractivity contribution in [3.63, 3.8) is 0 Å². The second kappa shape index (κ2) is 36.3. The van der Waals surface area contributed by atoms with Gasteiger partial charge in [0.1, 0.15) is 28.8 Å². The number of terminal acetylenes is 1. The summed E-state index contributed by atoms with van der Waals surface area (Å²) >= 11 is 6.67. The highest BCUT2D eigenvalue weighted by Crippen LogP contribution is 2.45. The van der Waals surface area contributed by atoms with Crippen LogP contribution in [0.1, 0.15) is 195 Å². The fraction of sp³-hybridized carbons (Fsp3) is 0.446. The molecule has 5 aliphatic carbocycles. The number of nitrogens with zero attached hydrogens (tertiary/aromatic N) is 6. The summed E-state index contributed by atoms with van der Waals surface area (Å²) in [5.41, 5.74) is 15.8. The number of Topliss-reactive ketones (excluding diaryl/α,β-unsaturated/α-hetero) is 1. The van der Waals surface area contributed by atoms with Crippen LogP contribution < -0.4 is 32.6 Å². The number of ketones is 1. The van der Waals surface area contributed by atoms with Crippen LogP contribution in [-0.2, 0) is 33.4 Å². The molecule has 7 aromatic rings. The highest BCUT2D eigenvalue weighted by Gasteiger charge is 2.37. The zero-order valence-electron chi connectivity index (χ0n) is 54.3. The number of esters is 2. The first-order chi connectivity index (χ1) is 46.0. The van der Waals surface area contributed by atoms with E-state index in [1.54, 1.807) is 43.6 Å². The standard InChI is InChI=1S/C21H17N3O.C14H13BrN2O.C9H17NO2.C9H14O3.C7H6BrNO2.C7H11NO.C7H5N.ClH/c25-21-18-11-5-14(4-8-16-3-1-2-12-22-16)13-19(18)23-20-15-6-9-17(10-7-15)24(20)21;15-9-3-6-11-12(7-9)16-13-8-1-4-10(5-2-8)17(13)14(11)18;2*1-2-12-9(11)7-3-5-8(10)6-4-7;8-5-1-2-7(11-4-10)6(9)3-5;9-7-5-1-3-6(8-7)4-2-5;1-2-7-5-3-4-6-8-7;/h1-3,5,11-13,15,17H,6-7,9-10H2;3,6-8,10H,1-2,4-5H2;7-8H,2-6,10H2,1H3;7H,2-6H2,1H3;1-4H,9H2;5-6H,1-4H2,(H,8,9);1,3-6H;1H. The molecule has 2 saturated heterocycles. The van der Waals surface area contributed by atoms with Crippen molar-refractivity contribution in [2.75, 3.05) is 18.9 Å². The van der Waals surface area contributed by atoms with E-state index >= 15 is 0 Å². The van der Waals surface area contributed by atoms with Gasteiger partial charge in [-0.05, 0) is 214 Å². The van der Waals surface area contributed by atoms with Crippen molar-refractivity contribution in [1.82, 2.24) is 34.4 Å². The lowest BCUT2D eigenvalue weighted by atomic mass is 9.81. The third kappa shape index (κ3) is 19.8. The van der Waals surface area contributed by atoms with Gasteiger partial charge in [-0.25, -0.2) is 19.9 Å². The van der Waals surface area contributed by atoms with Gasteiger partial charge >= 0.3 is 11.9 Å². The highest BCUT2D eigenvalue weighted by atomic mass is 79.9. The lowest BCUT2D eigenvalue weighted by Crippen LogP contribution is -2.48. The summed E-state index contributed by atoms with van der Waals surface area (Å²) in [5.74, 6) is 12.8. The first-order valence-corrected chi connectivity index (χ1v) is 34.8. The van der Waals surface area contributed by atoms with Gasteiger partial charge in [0, 0.05) is 81.7 Å².